The summed E-state index contributed by atoms with van der Waals surface area (Å²) in [6.45, 7) is 9.61. The van der Waals surface area contributed by atoms with Crippen molar-refractivity contribution in [1.29, 1.82) is 0 Å². The van der Waals surface area contributed by atoms with Crippen molar-refractivity contribution in [1.82, 2.24) is 0 Å². The van der Waals surface area contributed by atoms with Crippen LogP contribution in [0.4, 0.5) is 0 Å². The van der Waals surface area contributed by atoms with Crippen LogP contribution in [0.1, 0.15) is 420 Å². The number of esters is 4. The molecule has 588 valence electrons. The van der Waals surface area contributed by atoms with Gasteiger partial charge >= 0.3 is 39.5 Å². The highest BCUT2D eigenvalue weighted by atomic mass is 31.2. The maximum absolute atomic E-state index is 13.1. The van der Waals surface area contributed by atoms with Crippen LogP contribution in [0.25, 0.3) is 0 Å². The van der Waals surface area contributed by atoms with Crippen LogP contribution in [0.5, 0.6) is 0 Å². The number of hydrogen-bond donors (Lipinski definition) is 3. The van der Waals surface area contributed by atoms with Gasteiger partial charge in [0.15, 0.2) is 12.2 Å². The minimum atomic E-state index is -4.96. The van der Waals surface area contributed by atoms with E-state index in [-0.39, 0.29) is 25.7 Å². The molecular weight excluding hydrogens is 1290 g/mol. The standard InChI is InChI=1S/C80H156O17P2/c1-7-9-11-13-15-17-19-21-22-23-24-25-26-30-35-39-47-53-59-65-80(85)96-75(68-90-77(82)62-56-50-44-37-33-31-27-29-32-36-42-48-54-60-72(3)4)70-94-98(86,87)92-66-74(81)67-93-99(88,89)95-71-76(69-91-78(83)63-57-51-45-41-40-43-49-55-61-73(5)6)97-79(84)64-58-52-46-38-34-28-20-18-16-14-12-10-8-2/h72-76,81H,7-71H2,1-6H3,(H,86,87)(H,88,89)/t74-,75-,76-/m1/s1. The van der Waals surface area contributed by atoms with Gasteiger partial charge in [-0.15, -0.1) is 0 Å². The Balaban J connectivity index is 5.24. The summed E-state index contributed by atoms with van der Waals surface area (Å²) >= 11 is 0. The van der Waals surface area contributed by atoms with Crippen LogP contribution in [0.2, 0.25) is 0 Å². The Labute approximate surface area is 607 Å². The van der Waals surface area contributed by atoms with Crippen molar-refractivity contribution in [3.8, 4) is 0 Å². The van der Waals surface area contributed by atoms with Gasteiger partial charge in [0.1, 0.15) is 19.3 Å². The number of aliphatic hydroxyl groups is 1. The van der Waals surface area contributed by atoms with Gasteiger partial charge in [-0.05, 0) is 37.5 Å². The number of carbonyl (C=O) groups excluding carboxylic acids is 4. The molecule has 3 N–H and O–H groups in total. The molecule has 2 unspecified atom stereocenters. The van der Waals surface area contributed by atoms with Crippen LogP contribution in [-0.2, 0) is 65.4 Å². The number of phosphoric ester groups is 2. The number of ether oxygens (including phenoxy) is 4. The summed E-state index contributed by atoms with van der Waals surface area (Å²) in [5.74, 6) is -0.591. The molecule has 0 saturated carbocycles. The van der Waals surface area contributed by atoms with E-state index in [1.165, 1.54) is 238 Å². The Hall–Kier alpha value is -1.94. The Bertz CT molecular complexity index is 1910. The lowest BCUT2D eigenvalue weighted by Gasteiger charge is -2.21. The molecule has 0 aromatic heterocycles. The van der Waals surface area contributed by atoms with Crippen LogP contribution in [-0.4, -0.2) is 96.7 Å². The Morgan fingerprint density at radius 1 is 0.273 bits per heavy atom. The van der Waals surface area contributed by atoms with Crippen molar-refractivity contribution >= 4 is 39.5 Å². The third-order valence-corrected chi connectivity index (χ3v) is 20.6. The lowest BCUT2D eigenvalue weighted by atomic mass is 10.0. The van der Waals surface area contributed by atoms with E-state index in [2.05, 4.69) is 41.5 Å². The molecule has 0 aliphatic heterocycles. The van der Waals surface area contributed by atoms with Crippen molar-refractivity contribution in [2.45, 2.75) is 439 Å². The molecule has 0 amide bonds. The number of carbonyl (C=O) groups is 4. The van der Waals surface area contributed by atoms with E-state index >= 15 is 0 Å². The summed E-state index contributed by atoms with van der Waals surface area (Å²) in [6, 6.07) is 0. The molecule has 0 aromatic rings. The number of hydrogen-bond acceptors (Lipinski definition) is 15. The van der Waals surface area contributed by atoms with E-state index in [1.54, 1.807) is 0 Å². The third-order valence-electron chi connectivity index (χ3n) is 18.7. The highest BCUT2D eigenvalue weighted by Crippen LogP contribution is 2.45. The molecule has 19 heteroatoms. The quantitative estimate of drug-likeness (QED) is 0.0222. The normalized spacial score (nSPS) is 13.9. The van der Waals surface area contributed by atoms with Crippen molar-refractivity contribution in [3.63, 3.8) is 0 Å². The second-order valence-electron chi connectivity index (χ2n) is 29.8. The van der Waals surface area contributed by atoms with Crippen LogP contribution in [0.3, 0.4) is 0 Å². The Morgan fingerprint density at radius 3 is 0.687 bits per heavy atom. The molecule has 0 bridgehead atoms. The van der Waals surface area contributed by atoms with Gasteiger partial charge in [0, 0.05) is 25.7 Å². The van der Waals surface area contributed by atoms with E-state index in [0.717, 1.165) is 102 Å². The average Bonchev–Trinajstić information content (AvgIpc) is 0.994. The molecule has 0 aromatic carbocycles. The first-order chi connectivity index (χ1) is 47.9. The van der Waals surface area contributed by atoms with Gasteiger partial charge in [0.05, 0.1) is 26.4 Å². The molecule has 0 spiro atoms. The summed E-state index contributed by atoms with van der Waals surface area (Å²) in [7, 11) is -9.92. The lowest BCUT2D eigenvalue weighted by Crippen LogP contribution is -2.30. The second-order valence-corrected chi connectivity index (χ2v) is 32.7. The van der Waals surface area contributed by atoms with Crippen molar-refractivity contribution in [2.24, 2.45) is 11.8 Å². The van der Waals surface area contributed by atoms with Crippen LogP contribution in [0, 0.1) is 11.8 Å². The summed E-state index contributed by atoms with van der Waals surface area (Å²) in [4.78, 5) is 73.0. The zero-order chi connectivity index (χ0) is 72.8. The van der Waals surface area contributed by atoms with Gasteiger partial charge in [0.25, 0.3) is 0 Å². The van der Waals surface area contributed by atoms with Crippen LogP contribution >= 0.6 is 15.6 Å². The smallest absolute Gasteiger partial charge is 0.462 e. The van der Waals surface area contributed by atoms with E-state index in [0.29, 0.717) is 25.7 Å². The Kier molecular flexibility index (Phi) is 70.3. The summed E-state index contributed by atoms with van der Waals surface area (Å²) in [5, 5.41) is 10.6. The average molecular weight is 1450 g/mol. The maximum Gasteiger partial charge on any atom is 0.472 e. The first kappa shape index (κ1) is 97.1. The molecule has 0 heterocycles. The first-order valence-corrected chi connectivity index (χ1v) is 44.5. The number of unbranched alkanes of at least 4 members (excludes halogenated alkanes) is 49. The molecule has 0 rings (SSSR count). The third kappa shape index (κ3) is 74.1. The zero-order valence-corrected chi connectivity index (χ0v) is 66.6. The number of rotatable bonds is 79. The van der Waals surface area contributed by atoms with E-state index in [1.807, 2.05) is 0 Å². The highest BCUT2D eigenvalue weighted by Gasteiger charge is 2.30. The monoisotopic (exact) mass is 1450 g/mol. The fraction of sp³-hybridized carbons (Fsp3) is 0.950. The SMILES string of the molecule is CCCCCCCCCCCCCCCCCCCCCC(=O)O[C@H](COC(=O)CCCCCCCCCCCCCCCC(C)C)COP(=O)(O)OC[C@@H](O)COP(=O)(O)OC[C@@H](COC(=O)CCCCCCCCCCC(C)C)OC(=O)CCCCCCCCCCCCCCC. The van der Waals surface area contributed by atoms with Gasteiger partial charge in [-0.3, -0.25) is 37.3 Å². The predicted molar refractivity (Wildman–Crippen MR) is 405 cm³/mol. The topological polar surface area (TPSA) is 237 Å². The summed E-state index contributed by atoms with van der Waals surface area (Å²) in [5.41, 5.74) is 0. The fourth-order valence-corrected chi connectivity index (χ4v) is 13.9. The minimum Gasteiger partial charge on any atom is -0.462 e. The van der Waals surface area contributed by atoms with Crippen LogP contribution < -0.4 is 0 Å². The maximum atomic E-state index is 13.1. The lowest BCUT2D eigenvalue weighted by molar-refractivity contribution is -0.161. The van der Waals surface area contributed by atoms with Crippen molar-refractivity contribution in [3.05, 3.63) is 0 Å². The largest absolute Gasteiger partial charge is 0.472 e. The molecule has 0 fully saturated rings. The molecule has 5 atom stereocenters. The second kappa shape index (κ2) is 71.7. The summed E-state index contributed by atoms with van der Waals surface area (Å²) in [6.07, 6.45) is 61.0. The van der Waals surface area contributed by atoms with E-state index < -0.39 is 97.5 Å². The van der Waals surface area contributed by atoms with Crippen LogP contribution in [0.15, 0.2) is 0 Å². The number of phosphoric acid groups is 2. The molecule has 0 saturated heterocycles. The van der Waals surface area contributed by atoms with Gasteiger partial charge in [-0.25, -0.2) is 9.13 Å². The van der Waals surface area contributed by atoms with Gasteiger partial charge in [-0.1, -0.05) is 369 Å². The van der Waals surface area contributed by atoms with E-state index in [4.69, 9.17) is 37.0 Å². The fourth-order valence-electron chi connectivity index (χ4n) is 12.4. The summed E-state index contributed by atoms with van der Waals surface area (Å²) < 4.78 is 68.7. The highest BCUT2D eigenvalue weighted by molar-refractivity contribution is 7.47. The van der Waals surface area contributed by atoms with Crippen molar-refractivity contribution in [2.75, 3.05) is 39.6 Å². The molecule has 0 aliphatic rings. The molecule has 17 nitrogen and oxygen atoms in total. The molecule has 0 radical (unpaired) electrons. The van der Waals surface area contributed by atoms with E-state index in [9.17, 15) is 43.2 Å². The number of aliphatic hydroxyl groups excluding tert-OH is 1. The zero-order valence-electron chi connectivity index (χ0n) is 64.8. The molecular formula is C80H156O17P2. The Morgan fingerprint density at radius 2 is 0.465 bits per heavy atom. The molecule has 0 aliphatic carbocycles. The molecule has 99 heavy (non-hydrogen) atoms. The van der Waals surface area contributed by atoms with Gasteiger partial charge in [0.2, 0.25) is 0 Å². The first-order valence-electron chi connectivity index (χ1n) is 41.5. The van der Waals surface area contributed by atoms with Gasteiger partial charge < -0.3 is 33.8 Å². The predicted octanol–water partition coefficient (Wildman–Crippen LogP) is 23.9. The van der Waals surface area contributed by atoms with Gasteiger partial charge in [-0.2, -0.15) is 0 Å². The minimum absolute atomic E-state index is 0.107. The van der Waals surface area contributed by atoms with Crippen molar-refractivity contribution < 1.29 is 80.2 Å².